The van der Waals surface area contributed by atoms with Gasteiger partial charge in [-0.2, -0.15) is 0 Å². The summed E-state index contributed by atoms with van der Waals surface area (Å²) < 4.78 is 0. The molecule has 0 aromatic carbocycles. The third-order valence-electron chi connectivity index (χ3n) is 0. The summed E-state index contributed by atoms with van der Waals surface area (Å²) in [6.07, 6.45) is 0.250. The first kappa shape index (κ1) is 15.6. The molecule has 0 spiro atoms. The number of nitrogens with two attached hydrogens (primary N) is 1. The molecular formula is CH6KNOSr. The van der Waals surface area contributed by atoms with Gasteiger partial charge in [0.2, 0.25) is 6.41 Å². The molecule has 0 heterocycles. The van der Waals surface area contributed by atoms with Gasteiger partial charge in [0, 0.05) is 0 Å². The molecule has 5 heavy (non-hydrogen) atoms. The molecule has 0 aromatic heterocycles. The van der Waals surface area contributed by atoms with Crippen LogP contribution in [0.4, 0.5) is 0 Å². The molecule has 24 valence electrons. The van der Waals surface area contributed by atoms with Crippen LogP contribution in [-0.2, 0) is 4.79 Å². The first-order valence-electron chi connectivity index (χ1n) is 0.569. The van der Waals surface area contributed by atoms with Gasteiger partial charge >= 0.3 is 96.9 Å². The molecule has 0 radical (unpaired) electrons. The monoisotopic (exact) mass is 175 g/mol. The Hall–Kier alpha value is 2.59. The Morgan fingerprint density at radius 2 is 1.60 bits per heavy atom. The summed E-state index contributed by atoms with van der Waals surface area (Å²) in [6.45, 7) is 0. The van der Waals surface area contributed by atoms with Crippen molar-refractivity contribution in [3.05, 3.63) is 0 Å². The predicted octanol–water partition coefficient (Wildman–Crippen LogP) is -2.46. The Morgan fingerprint density at radius 3 is 1.60 bits per heavy atom. The van der Waals surface area contributed by atoms with Crippen molar-refractivity contribution in [3.63, 3.8) is 0 Å². The second kappa shape index (κ2) is 16.0. The number of primary amides is 1. The normalized spacial score (nSPS) is 2.40. The van der Waals surface area contributed by atoms with Gasteiger partial charge in [0.1, 0.15) is 0 Å². The van der Waals surface area contributed by atoms with E-state index < -0.39 is 0 Å². The van der Waals surface area contributed by atoms with Crippen molar-refractivity contribution < 1.29 is 4.79 Å². The molecule has 0 atom stereocenters. The summed E-state index contributed by atoms with van der Waals surface area (Å²) in [4.78, 5) is 8.58. The van der Waals surface area contributed by atoms with Crippen LogP contribution in [0.5, 0.6) is 0 Å². The maximum atomic E-state index is 8.58. The molecule has 4 heteroatoms. The van der Waals surface area contributed by atoms with Gasteiger partial charge in [-0.05, 0) is 0 Å². The Bertz CT molecular complexity index is 19.1. The van der Waals surface area contributed by atoms with Crippen molar-refractivity contribution in [1.82, 2.24) is 0 Å². The summed E-state index contributed by atoms with van der Waals surface area (Å²) in [5.41, 5.74) is 4.17. The van der Waals surface area contributed by atoms with Crippen molar-refractivity contribution in [1.29, 1.82) is 0 Å². The van der Waals surface area contributed by atoms with Crippen molar-refractivity contribution in [2.75, 3.05) is 0 Å². The van der Waals surface area contributed by atoms with Crippen LogP contribution < -0.4 is 5.73 Å². The van der Waals surface area contributed by atoms with Gasteiger partial charge in [0.15, 0.2) is 0 Å². The number of rotatable bonds is 0. The molecule has 0 aliphatic rings. The Labute approximate surface area is 111 Å². The number of carbonyl (C=O) groups excluding carboxylic acids is 1. The van der Waals surface area contributed by atoms with E-state index in [1.165, 1.54) is 0 Å². The van der Waals surface area contributed by atoms with Crippen LogP contribution in [0, 0.1) is 0 Å². The van der Waals surface area contributed by atoms with E-state index in [-0.39, 0.29) is 103 Å². The van der Waals surface area contributed by atoms with Gasteiger partial charge in [-0.25, -0.2) is 0 Å². The fourth-order valence-corrected chi connectivity index (χ4v) is 0. The first-order valence-corrected chi connectivity index (χ1v) is 0.569. The molecule has 1 amide bonds. The third kappa shape index (κ3) is 20.7. The molecule has 0 fully saturated rings. The van der Waals surface area contributed by atoms with Crippen LogP contribution in [0.25, 0.3) is 0 Å². The summed E-state index contributed by atoms with van der Waals surface area (Å²) in [5, 5.41) is 0. The van der Waals surface area contributed by atoms with Crippen LogP contribution >= 0.6 is 0 Å². The molecule has 2 nitrogen and oxygen atoms in total. The standard InChI is InChI=1S/CH3NO.K.Sr.3H/c2-1-3;;;;;/h1H,(H2,2,3);;;;;. The van der Waals surface area contributed by atoms with E-state index in [9.17, 15) is 0 Å². The predicted molar refractivity (Wildman–Crippen MR) is 25.9 cm³/mol. The molecule has 0 rings (SSSR count). The van der Waals surface area contributed by atoms with E-state index in [1.54, 1.807) is 0 Å². The quantitative estimate of drug-likeness (QED) is 0.321. The topological polar surface area (TPSA) is 43.1 Å². The van der Waals surface area contributed by atoms with E-state index in [4.69, 9.17) is 4.79 Å². The van der Waals surface area contributed by atoms with Gasteiger partial charge in [-0.15, -0.1) is 0 Å². The zero-order valence-corrected chi connectivity index (χ0v) is 1.56. The minimum absolute atomic E-state index is 0. The van der Waals surface area contributed by atoms with Crippen LogP contribution in [0.1, 0.15) is 0 Å². The Kier molecular flexibility index (Phi) is 50.0. The van der Waals surface area contributed by atoms with Crippen molar-refractivity contribution in [3.8, 4) is 0 Å². The number of amides is 1. The fourth-order valence-electron chi connectivity index (χ4n) is 0. The Balaban J connectivity index is -0.0000000200. The van der Waals surface area contributed by atoms with Crippen LogP contribution in [0.2, 0.25) is 0 Å². The molecule has 0 saturated heterocycles. The number of hydrogen-bond donors (Lipinski definition) is 1. The average molecular weight is 175 g/mol. The third-order valence-corrected chi connectivity index (χ3v) is 0. The molecule has 0 aliphatic heterocycles. The van der Waals surface area contributed by atoms with Crippen LogP contribution in [0.15, 0.2) is 0 Å². The molecule has 0 bridgehead atoms. The molecular weight excluding hydrogens is 169 g/mol. The van der Waals surface area contributed by atoms with Crippen LogP contribution in [-0.4, -0.2) is 103 Å². The van der Waals surface area contributed by atoms with Crippen molar-refractivity contribution >= 4 is 103 Å². The summed E-state index contributed by atoms with van der Waals surface area (Å²) in [7, 11) is 0. The second-order valence-corrected chi connectivity index (χ2v) is 0.136. The van der Waals surface area contributed by atoms with Crippen LogP contribution in [0.3, 0.4) is 0 Å². The van der Waals surface area contributed by atoms with E-state index in [0.29, 0.717) is 0 Å². The number of carbonyl (C=O) groups is 1. The van der Waals surface area contributed by atoms with Gasteiger partial charge in [0.05, 0.1) is 0 Å². The van der Waals surface area contributed by atoms with E-state index >= 15 is 0 Å². The van der Waals surface area contributed by atoms with Gasteiger partial charge in [0.25, 0.3) is 0 Å². The van der Waals surface area contributed by atoms with Gasteiger partial charge < -0.3 is 5.73 Å². The van der Waals surface area contributed by atoms with Crippen molar-refractivity contribution in [2.24, 2.45) is 5.73 Å². The van der Waals surface area contributed by atoms with Crippen molar-refractivity contribution in [2.45, 2.75) is 0 Å². The van der Waals surface area contributed by atoms with Gasteiger partial charge in [-0.1, -0.05) is 0 Å². The first-order chi connectivity index (χ1) is 1.41. The maximum absolute atomic E-state index is 8.58. The molecule has 0 saturated carbocycles. The minimum atomic E-state index is 0. The zero-order valence-electron chi connectivity index (χ0n) is 1.56. The zero-order chi connectivity index (χ0) is 2.71. The fraction of sp³-hybridized carbons (Fsp3) is 0. The van der Waals surface area contributed by atoms with E-state index in [1.807, 2.05) is 0 Å². The molecule has 0 aliphatic carbocycles. The summed E-state index contributed by atoms with van der Waals surface area (Å²) >= 11 is 0. The van der Waals surface area contributed by atoms with Gasteiger partial charge in [-0.3, -0.25) is 4.79 Å². The van der Waals surface area contributed by atoms with E-state index in [2.05, 4.69) is 5.73 Å². The molecule has 0 aromatic rings. The van der Waals surface area contributed by atoms with E-state index in [0.717, 1.165) is 0 Å². The molecule has 2 N–H and O–H groups in total. The SMILES string of the molecule is NC=O.[KH].[SrH2]. The Morgan fingerprint density at radius 1 is 1.60 bits per heavy atom. The second-order valence-electron chi connectivity index (χ2n) is 0.136. The molecule has 0 unspecified atom stereocenters. The summed E-state index contributed by atoms with van der Waals surface area (Å²) in [5.74, 6) is 0. The summed E-state index contributed by atoms with van der Waals surface area (Å²) in [6, 6.07) is 0. The average Bonchev–Trinajstić information content (AvgIpc) is 0.918. The number of hydrogen-bond acceptors (Lipinski definition) is 1.